The number of ether oxygens (including phenoxy) is 3. The number of nitrogens with zero attached hydrogens (tertiary/aromatic N) is 2. The fourth-order valence-corrected chi connectivity index (χ4v) is 5.18. The zero-order valence-electron chi connectivity index (χ0n) is 23.3. The van der Waals surface area contributed by atoms with Crippen LogP contribution < -0.4 is 10.1 Å². The standard InChI is InChI=1S/C30H39N3O6/c1-20(2)25(31-28(35)37-19-21-12-8-6-9-13-21)27(34)32-17-16-23-26(32)24(38-22-14-10-7-11-15-22)18-33(23)29(36)39-30(3,4)5/h6-15,20,23-26H,16-19H2,1-5H3,(H,31,35)/t23-,24+,25?,26+/m1/s1. The van der Waals surface area contributed by atoms with E-state index in [1.54, 1.807) is 9.80 Å². The lowest BCUT2D eigenvalue weighted by atomic mass is 10.0. The van der Waals surface area contributed by atoms with Gasteiger partial charge in [-0.3, -0.25) is 9.69 Å². The third-order valence-corrected chi connectivity index (χ3v) is 6.94. The molecule has 9 nitrogen and oxygen atoms in total. The first-order valence-electron chi connectivity index (χ1n) is 13.5. The van der Waals surface area contributed by atoms with Crippen LogP contribution in [0.15, 0.2) is 60.7 Å². The largest absolute Gasteiger partial charge is 0.486 e. The highest BCUT2D eigenvalue weighted by atomic mass is 16.6. The molecule has 39 heavy (non-hydrogen) atoms. The quantitative estimate of drug-likeness (QED) is 0.554. The van der Waals surface area contributed by atoms with Gasteiger partial charge in [0.1, 0.15) is 30.1 Å². The Morgan fingerprint density at radius 2 is 1.62 bits per heavy atom. The summed E-state index contributed by atoms with van der Waals surface area (Å²) in [7, 11) is 0. The van der Waals surface area contributed by atoms with Gasteiger partial charge < -0.3 is 24.4 Å². The van der Waals surface area contributed by atoms with Gasteiger partial charge in [-0.15, -0.1) is 0 Å². The SMILES string of the molecule is CC(C)C(NC(=O)OCc1ccccc1)C(=O)N1CC[C@@H]2[C@H]1[C@@H](Oc1ccccc1)CN2C(=O)OC(C)(C)C. The first-order valence-corrected chi connectivity index (χ1v) is 13.5. The number of hydrogen-bond acceptors (Lipinski definition) is 6. The van der Waals surface area contributed by atoms with Crippen molar-refractivity contribution in [3.63, 3.8) is 0 Å². The lowest BCUT2D eigenvalue weighted by Crippen LogP contribution is -2.55. The Labute approximate surface area is 230 Å². The van der Waals surface area contributed by atoms with Crippen molar-refractivity contribution in [1.82, 2.24) is 15.1 Å². The summed E-state index contributed by atoms with van der Waals surface area (Å²) < 4.78 is 17.4. The van der Waals surface area contributed by atoms with E-state index in [1.165, 1.54) is 0 Å². The van der Waals surface area contributed by atoms with E-state index >= 15 is 0 Å². The predicted octanol–water partition coefficient (Wildman–Crippen LogP) is 4.61. The third kappa shape index (κ3) is 7.02. The summed E-state index contributed by atoms with van der Waals surface area (Å²) in [6.07, 6.45) is -0.933. The molecule has 4 rings (SSSR count). The molecule has 0 radical (unpaired) electrons. The van der Waals surface area contributed by atoms with Crippen LogP contribution in [-0.2, 0) is 20.9 Å². The molecule has 3 amide bonds. The molecule has 210 valence electrons. The van der Waals surface area contributed by atoms with Gasteiger partial charge in [0.25, 0.3) is 0 Å². The van der Waals surface area contributed by atoms with E-state index in [-0.39, 0.29) is 30.5 Å². The fraction of sp³-hybridized carbons (Fsp3) is 0.500. The maximum absolute atomic E-state index is 13.9. The van der Waals surface area contributed by atoms with Gasteiger partial charge in [-0.05, 0) is 50.8 Å². The number of amides is 3. The Bertz CT molecular complexity index is 1130. The molecular weight excluding hydrogens is 498 g/mol. The average molecular weight is 538 g/mol. The molecule has 0 bridgehead atoms. The number of nitrogens with one attached hydrogen (secondary N) is 1. The first kappa shape index (κ1) is 28.3. The minimum absolute atomic E-state index is 0.109. The van der Waals surface area contributed by atoms with Gasteiger partial charge in [-0.2, -0.15) is 0 Å². The van der Waals surface area contributed by atoms with Crippen molar-refractivity contribution < 1.29 is 28.6 Å². The third-order valence-electron chi connectivity index (χ3n) is 6.94. The van der Waals surface area contributed by atoms with Crippen LogP contribution in [0.3, 0.4) is 0 Å². The summed E-state index contributed by atoms with van der Waals surface area (Å²) >= 11 is 0. The summed E-state index contributed by atoms with van der Waals surface area (Å²) in [5.74, 6) is 0.258. The van der Waals surface area contributed by atoms with Gasteiger partial charge in [-0.25, -0.2) is 9.59 Å². The molecular formula is C30H39N3O6. The molecule has 2 saturated heterocycles. The van der Waals surface area contributed by atoms with Crippen molar-refractivity contribution in [2.24, 2.45) is 5.92 Å². The topological polar surface area (TPSA) is 97.4 Å². The zero-order valence-corrected chi connectivity index (χ0v) is 23.3. The molecule has 2 fully saturated rings. The minimum Gasteiger partial charge on any atom is -0.486 e. The number of benzene rings is 2. The van der Waals surface area contributed by atoms with Crippen molar-refractivity contribution in [2.75, 3.05) is 13.1 Å². The monoisotopic (exact) mass is 537 g/mol. The highest BCUT2D eigenvalue weighted by molar-refractivity contribution is 5.87. The van der Waals surface area contributed by atoms with Crippen LogP contribution in [0.25, 0.3) is 0 Å². The van der Waals surface area contributed by atoms with Crippen molar-refractivity contribution in [1.29, 1.82) is 0 Å². The van der Waals surface area contributed by atoms with Crippen LogP contribution in [0.5, 0.6) is 5.75 Å². The van der Waals surface area contributed by atoms with Crippen molar-refractivity contribution in [2.45, 2.75) is 77.5 Å². The molecule has 9 heteroatoms. The molecule has 2 aliphatic heterocycles. The molecule has 0 saturated carbocycles. The van der Waals surface area contributed by atoms with E-state index in [0.717, 1.165) is 5.56 Å². The van der Waals surface area contributed by atoms with Crippen LogP contribution >= 0.6 is 0 Å². The number of alkyl carbamates (subject to hydrolysis) is 1. The Morgan fingerprint density at radius 3 is 2.23 bits per heavy atom. The van der Waals surface area contributed by atoms with Gasteiger partial charge in [-0.1, -0.05) is 62.4 Å². The second-order valence-corrected chi connectivity index (χ2v) is 11.4. The normalized spacial score (nSPS) is 21.3. The summed E-state index contributed by atoms with van der Waals surface area (Å²) in [5.41, 5.74) is 0.211. The molecule has 1 unspecified atom stereocenters. The van der Waals surface area contributed by atoms with Crippen molar-refractivity contribution >= 4 is 18.1 Å². The molecule has 0 aromatic heterocycles. The Morgan fingerprint density at radius 1 is 0.974 bits per heavy atom. The van der Waals surface area contributed by atoms with Gasteiger partial charge in [0.05, 0.1) is 18.6 Å². The molecule has 4 atom stereocenters. The highest BCUT2D eigenvalue weighted by Gasteiger charge is 2.54. The number of fused-ring (bicyclic) bond motifs is 1. The number of rotatable bonds is 7. The number of carbonyl (C=O) groups is 3. The molecule has 2 aromatic carbocycles. The Balaban J connectivity index is 1.50. The van der Waals surface area contributed by atoms with E-state index in [1.807, 2.05) is 95.3 Å². The molecule has 0 spiro atoms. The molecule has 2 aromatic rings. The molecule has 0 aliphatic carbocycles. The average Bonchev–Trinajstić information content (AvgIpc) is 3.47. The van der Waals surface area contributed by atoms with Gasteiger partial charge in [0, 0.05) is 6.54 Å². The number of hydrogen-bond donors (Lipinski definition) is 1. The van der Waals surface area contributed by atoms with Gasteiger partial charge in [0.15, 0.2) is 0 Å². The molecule has 2 aliphatic rings. The predicted molar refractivity (Wildman–Crippen MR) is 146 cm³/mol. The highest BCUT2D eigenvalue weighted by Crippen LogP contribution is 2.36. The second-order valence-electron chi connectivity index (χ2n) is 11.4. The Kier molecular flexibility index (Phi) is 8.67. The van der Waals surface area contributed by atoms with Crippen LogP contribution in [0.1, 0.15) is 46.6 Å². The minimum atomic E-state index is -0.792. The van der Waals surface area contributed by atoms with E-state index in [2.05, 4.69) is 5.32 Å². The number of carbonyl (C=O) groups excluding carboxylic acids is 3. The number of para-hydroxylation sites is 1. The van der Waals surface area contributed by atoms with E-state index in [4.69, 9.17) is 14.2 Å². The van der Waals surface area contributed by atoms with Crippen molar-refractivity contribution in [3.8, 4) is 5.75 Å². The van der Waals surface area contributed by atoms with Crippen LogP contribution in [0, 0.1) is 5.92 Å². The summed E-state index contributed by atoms with van der Waals surface area (Å²) in [6, 6.07) is 17.3. The second kappa shape index (κ2) is 12.0. The van der Waals surface area contributed by atoms with E-state index < -0.39 is 29.9 Å². The summed E-state index contributed by atoms with van der Waals surface area (Å²) in [5, 5.41) is 2.77. The van der Waals surface area contributed by atoms with Gasteiger partial charge in [0.2, 0.25) is 5.91 Å². The van der Waals surface area contributed by atoms with Gasteiger partial charge >= 0.3 is 12.2 Å². The van der Waals surface area contributed by atoms with E-state index in [9.17, 15) is 14.4 Å². The first-order chi connectivity index (χ1) is 18.5. The molecule has 2 heterocycles. The van der Waals surface area contributed by atoms with Crippen LogP contribution in [-0.4, -0.2) is 70.8 Å². The lowest BCUT2D eigenvalue weighted by molar-refractivity contribution is -0.136. The van der Waals surface area contributed by atoms with Crippen LogP contribution in [0.2, 0.25) is 0 Å². The van der Waals surface area contributed by atoms with Crippen LogP contribution in [0.4, 0.5) is 9.59 Å². The summed E-state index contributed by atoms with van der Waals surface area (Å²) in [6.45, 7) is 10.1. The number of likely N-dealkylation sites (tertiary alicyclic amines) is 2. The maximum Gasteiger partial charge on any atom is 0.410 e. The summed E-state index contributed by atoms with van der Waals surface area (Å²) in [4.78, 5) is 43.1. The van der Waals surface area contributed by atoms with Crippen molar-refractivity contribution in [3.05, 3.63) is 66.2 Å². The Hall–Kier alpha value is -3.75. The van der Waals surface area contributed by atoms with E-state index in [0.29, 0.717) is 25.3 Å². The lowest BCUT2D eigenvalue weighted by Gasteiger charge is -2.33. The molecule has 1 N–H and O–H groups in total. The smallest absolute Gasteiger partial charge is 0.410 e. The zero-order chi connectivity index (χ0) is 28.2. The fourth-order valence-electron chi connectivity index (χ4n) is 5.18. The maximum atomic E-state index is 13.9.